The second-order valence-corrected chi connectivity index (χ2v) is 10.7. The number of hydrogen-bond donors (Lipinski definition) is 2. The van der Waals surface area contributed by atoms with Crippen LogP contribution in [0.2, 0.25) is 0 Å². The summed E-state index contributed by atoms with van der Waals surface area (Å²) in [6.45, 7) is 0.622. The Balaban J connectivity index is 1.57. The molecule has 10 nitrogen and oxygen atoms in total. The number of nitrogens with one attached hydrogen (secondary N) is 2. The van der Waals surface area contributed by atoms with Crippen LogP contribution in [0.3, 0.4) is 0 Å². The van der Waals surface area contributed by atoms with Crippen LogP contribution in [-0.4, -0.2) is 61.2 Å². The smallest absolute Gasteiger partial charge is 0.404 e. The molecule has 0 saturated heterocycles. The quantitative estimate of drug-likeness (QED) is 0.266. The Bertz CT molecular complexity index is 1660. The van der Waals surface area contributed by atoms with Crippen LogP contribution in [0.25, 0.3) is 16.9 Å². The number of sulfonamides is 1. The number of amides is 1. The van der Waals surface area contributed by atoms with Gasteiger partial charge in [0.15, 0.2) is 11.4 Å². The number of likely N-dealkylation sites (N-methyl/N-ethyl adjacent to an activating group) is 1. The molecule has 2 aromatic heterocycles. The highest BCUT2D eigenvalue weighted by atomic mass is 32.2. The molecule has 4 aromatic rings. The predicted molar refractivity (Wildman–Crippen MR) is 138 cm³/mol. The van der Waals surface area contributed by atoms with Crippen molar-refractivity contribution in [2.24, 2.45) is 0 Å². The van der Waals surface area contributed by atoms with Crippen LogP contribution in [0.15, 0.2) is 65.7 Å². The molecular formula is C25H23F5N6O4S. The molecule has 2 heterocycles. The summed E-state index contributed by atoms with van der Waals surface area (Å²) in [5.74, 6) is -0.327. The lowest BCUT2D eigenvalue weighted by molar-refractivity contribution is -0.137. The average Bonchev–Trinajstić information content (AvgIpc) is 3.29. The zero-order valence-corrected chi connectivity index (χ0v) is 22.3. The number of nitrogens with zero attached hydrogens (tertiary/aromatic N) is 4. The van der Waals surface area contributed by atoms with Gasteiger partial charge in [-0.15, -0.1) is 0 Å². The Morgan fingerprint density at radius 3 is 2.44 bits per heavy atom. The summed E-state index contributed by atoms with van der Waals surface area (Å²) in [5, 5.41) is 6.15. The third-order valence-corrected chi connectivity index (χ3v) is 7.10. The number of halogens is 5. The number of benzene rings is 2. The normalized spacial score (nSPS) is 12.3. The fourth-order valence-electron chi connectivity index (χ4n) is 3.64. The van der Waals surface area contributed by atoms with E-state index in [1.807, 2.05) is 0 Å². The van der Waals surface area contributed by atoms with Crippen molar-refractivity contribution in [1.82, 2.24) is 24.2 Å². The summed E-state index contributed by atoms with van der Waals surface area (Å²) in [7, 11) is -0.303. The van der Waals surface area contributed by atoms with Gasteiger partial charge in [0.2, 0.25) is 10.0 Å². The van der Waals surface area contributed by atoms with E-state index < -0.39 is 40.0 Å². The molecule has 2 aromatic carbocycles. The predicted octanol–water partition coefficient (Wildman–Crippen LogP) is 4.80. The van der Waals surface area contributed by atoms with E-state index in [0.717, 1.165) is 41.0 Å². The van der Waals surface area contributed by atoms with Crippen LogP contribution < -0.4 is 14.8 Å². The van der Waals surface area contributed by atoms with Crippen LogP contribution in [0.5, 0.6) is 5.75 Å². The van der Waals surface area contributed by atoms with Gasteiger partial charge in [-0.1, -0.05) is 18.2 Å². The molecular weight excluding hydrogens is 575 g/mol. The van der Waals surface area contributed by atoms with Gasteiger partial charge >= 0.3 is 12.3 Å². The molecule has 16 heteroatoms. The third kappa shape index (κ3) is 7.14. The Kier molecular flexibility index (Phi) is 8.55. The number of ether oxygens (including phenoxy) is 1. The maximum atomic E-state index is 13.8. The second-order valence-electron chi connectivity index (χ2n) is 8.93. The number of carbonyl (C=O) groups excluding carboxylic acids is 1. The minimum Gasteiger partial charge on any atom is -0.404 e. The Morgan fingerprint density at radius 2 is 1.80 bits per heavy atom. The molecule has 2 N–H and O–H groups in total. The zero-order chi connectivity index (χ0) is 29.9. The molecule has 4 rings (SSSR count). The minimum absolute atomic E-state index is 0.0635. The van der Waals surface area contributed by atoms with Gasteiger partial charge in [-0.2, -0.15) is 18.3 Å². The van der Waals surface area contributed by atoms with Gasteiger partial charge in [0.1, 0.15) is 5.69 Å². The fraction of sp³-hybridized carbons (Fsp3) is 0.240. The second kappa shape index (κ2) is 11.8. The number of aromatic nitrogens is 3. The first-order valence-electron chi connectivity index (χ1n) is 11.8. The van der Waals surface area contributed by atoms with E-state index in [2.05, 4.69) is 20.1 Å². The standard InChI is InChI=1S/C25H23F5N6O4S/c1-35(2)11-10-32-41(38,39)18-5-3-4-17(12-18)33-24(37)40-21-14-31-36-20(22(26)27)13-19(34-23(21)36)15-6-8-16(9-7-15)25(28,29)30/h3-9,12-14,22,32H,10-11H2,1-2H3,(H,33,37). The van der Waals surface area contributed by atoms with E-state index in [9.17, 15) is 35.2 Å². The van der Waals surface area contributed by atoms with Crippen LogP contribution in [0.4, 0.5) is 32.4 Å². The summed E-state index contributed by atoms with van der Waals surface area (Å²) < 4.78 is 99.9. The van der Waals surface area contributed by atoms with Crippen molar-refractivity contribution in [1.29, 1.82) is 0 Å². The maximum Gasteiger partial charge on any atom is 0.417 e. The molecule has 0 aliphatic heterocycles. The molecule has 0 atom stereocenters. The average molecular weight is 599 g/mol. The molecule has 0 fully saturated rings. The van der Waals surface area contributed by atoms with E-state index in [4.69, 9.17) is 4.74 Å². The lowest BCUT2D eigenvalue weighted by atomic mass is 10.1. The van der Waals surface area contributed by atoms with Crippen molar-refractivity contribution in [3.05, 3.63) is 72.1 Å². The van der Waals surface area contributed by atoms with Crippen molar-refractivity contribution in [3.63, 3.8) is 0 Å². The molecule has 0 radical (unpaired) electrons. The third-order valence-electron chi connectivity index (χ3n) is 5.64. The Hall–Kier alpha value is -4.15. The highest BCUT2D eigenvalue weighted by molar-refractivity contribution is 7.89. The van der Waals surface area contributed by atoms with Crippen molar-refractivity contribution in [3.8, 4) is 17.0 Å². The van der Waals surface area contributed by atoms with Gasteiger partial charge in [-0.05, 0) is 50.5 Å². The van der Waals surface area contributed by atoms with E-state index in [-0.39, 0.29) is 39.8 Å². The molecule has 0 unspecified atom stereocenters. The number of anilines is 1. The molecule has 0 aliphatic rings. The number of hydrogen-bond acceptors (Lipinski definition) is 7. The summed E-state index contributed by atoms with van der Waals surface area (Å²) >= 11 is 0. The topological polar surface area (TPSA) is 118 Å². The molecule has 0 aliphatic carbocycles. The van der Waals surface area contributed by atoms with E-state index in [0.29, 0.717) is 6.54 Å². The van der Waals surface area contributed by atoms with Crippen molar-refractivity contribution in [2.75, 3.05) is 32.5 Å². The monoisotopic (exact) mass is 598 g/mol. The van der Waals surface area contributed by atoms with Gasteiger partial charge < -0.3 is 9.64 Å². The van der Waals surface area contributed by atoms with E-state index in [1.54, 1.807) is 19.0 Å². The lowest BCUT2D eigenvalue weighted by Crippen LogP contribution is -2.31. The number of carbonyl (C=O) groups is 1. The molecule has 1 amide bonds. The minimum atomic E-state index is -4.59. The van der Waals surface area contributed by atoms with Gasteiger partial charge in [-0.3, -0.25) is 5.32 Å². The SMILES string of the molecule is CN(C)CCNS(=O)(=O)c1cccc(NC(=O)Oc2cnn3c(C(F)F)cc(-c4ccc(C(F)(F)F)cc4)nc23)c1. The molecule has 41 heavy (non-hydrogen) atoms. The first kappa shape index (κ1) is 29.8. The highest BCUT2D eigenvalue weighted by Crippen LogP contribution is 2.33. The summed E-state index contributed by atoms with van der Waals surface area (Å²) in [6, 6.07) is 10.0. The fourth-order valence-corrected chi connectivity index (χ4v) is 4.71. The van der Waals surface area contributed by atoms with Crippen LogP contribution in [0, 0.1) is 0 Å². The first-order chi connectivity index (χ1) is 19.2. The van der Waals surface area contributed by atoms with Crippen LogP contribution in [0.1, 0.15) is 17.7 Å². The first-order valence-corrected chi connectivity index (χ1v) is 13.3. The number of alkyl halides is 5. The molecule has 0 bridgehead atoms. The maximum absolute atomic E-state index is 13.8. The van der Waals surface area contributed by atoms with Gasteiger partial charge in [0.05, 0.1) is 22.3 Å². The van der Waals surface area contributed by atoms with Crippen molar-refractivity contribution >= 4 is 27.5 Å². The summed E-state index contributed by atoms with van der Waals surface area (Å²) in [5.41, 5.74) is -1.80. The van der Waals surface area contributed by atoms with Crippen LogP contribution >= 0.6 is 0 Å². The van der Waals surface area contributed by atoms with Gasteiger partial charge in [0.25, 0.3) is 6.43 Å². The summed E-state index contributed by atoms with van der Waals surface area (Å²) in [4.78, 5) is 18.5. The van der Waals surface area contributed by atoms with Crippen molar-refractivity contribution < 1.29 is 39.9 Å². The number of fused-ring (bicyclic) bond motifs is 1. The van der Waals surface area contributed by atoms with Crippen LogP contribution in [-0.2, 0) is 16.2 Å². The van der Waals surface area contributed by atoms with E-state index in [1.165, 1.54) is 24.3 Å². The van der Waals surface area contributed by atoms with Gasteiger partial charge in [0, 0.05) is 24.3 Å². The molecule has 218 valence electrons. The highest BCUT2D eigenvalue weighted by Gasteiger charge is 2.30. The van der Waals surface area contributed by atoms with E-state index >= 15 is 0 Å². The Labute approximate surface area is 230 Å². The number of rotatable bonds is 9. The molecule has 0 spiro atoms. The largest absolute Gasteiger partial charge is 0.417 e. The summed E-state index contributed by atoms with van der Waals surface area (Å²) in [6.07, 6.45) is -7.77. The molecule has 0 saturated carbocycles. The lowest BCUT2D eigenvalue weighted by Gasteiger charge is -2.12. The van der Waals surface area contributed by atoms with Gasteiger partial charge in [-0.25, -0.2) is 36.2 Å². The van der Waals surface area contributed by atoms with Crippen molar-refractivity contribution in [2.45, 2.75) is 17.5 Å². The zero-order valence-electron chi connectivity index (χ0n) is 21.5. The Morgan fingerprint density at radius 1 is 1.10 bits per heavy atom.